The minimum atomic E-state index is -0.263. The summed E-state index contributed by atoms with van der Waals surface area (Å²) < 4.78 is 7.14. The zero-order valence-electron chi connectivity index (χ0n) is 10.2. The van der Waals surface area contributed by atoms with Crippen LogP contribution in [0.25, 0.3) is 6.08 Å². The van der Waals surface area contributed by atoms with Gasteiger partial charge in [-0.15, -0.1) is 0 Å². The van der Waals surface area contributed by atoms with E-state index in [2.05, 4.69) is 59.0 Å². The molecule has 3 heteroatoms. The van der Waals surface area contributed by atoms with Crippen LogP contribution in [0.1, 0.15) is 25.8 Å². The van der Waals surface area contributed by atoms with Gasteiger partial charge in [0, 0.05) is 34.9 Å². The summed E-state index contributed by atoms with van der Waals surface area (Å²) in [5.74, 6) is 0.989. The molecule has 17 heavy (non-hydrogen) atoms. The number of halogens is 1. The molecule has 2 aliphatic rings. The van der Waals surface area contributed by atoms with Crippen molar-refractivity contribution in [3.8, 4) is 5.75 Å². The Morgan fingerprint density at radius 1 is 1.29 bits per heavy atom. The molecule has 0 radical (unpaired) electrons. The molecule has 0 spiro atoms. The average molecular weight is 294 g/mol. The summed E-state index contributed by atoms with van der Waals surface area (Å²) in [5, 5.41) is 0. The van der Waals surface area contributed by atoms with Crippen molar-refractivity contribution in [2.24, 2.45) is 0 Å². The van der Waals surface area contributed by atoms with Crippen LogP contribution in [0.3, 0.4) is 0 Å². The van der Waals surface area contributed by atoms with Crippen LogP contribution < -0.4 is 9.64 Å². The molecule has 2 heterocycles. The van der Waals surface area contributed by atoms with E-state index in [1.807, 2.05) is 0 Å². The van der Waals surface area contributed by atoms with Gasteiger partial charge in [-0.1, -0.05) is 15.9 Å². The number of hydrogen-bond acceptors (Lipinski definition) is 2. The lowest BCUT2D eigenvalue weighted by atomic mass is 10.0. The summed E-state index contributed by atoms with van der Waals surface area (Å²) in [6.07, 6.45) is 3.45. The normalized spacial score (nSPS) is 21.1. The van der Waals surface area contributed by atoms with Gasteiger partial charge in [0.05, 0.1) is 0 Å². The van der Waals surface area contributed by atoms with Crippen molar-refractivity contribution in [2.45, 2.75) is 25.9 Å². The molecule has 0 N–H and O–H groups in total. The van der Waals surface area contributed by atoms with Crippen LogP contribution in [0.2, 0.25) is 0 Å². The number of nitrogens with zero attached hydrogens (tertiary/aromatic N) is 1. The van der Waals surface area contributed by atoms with E-state index >= 15 is 0 Å². The minimum absolute atomic E-state index is 0.263. The van der Waals surface area contributed by atoms with Gasteiger partial charge in [-0.3, -0.25) is 0 Å². The summed E-state index contributed by atoms with van der Waals surface area (Å²) in [6, 6.07) is 6.47. The van der Waals surface area contributed by atoms with Crippen molar-refractivity contribution in [3.05, 3.63) is 28.2 Å². The fraction of sp³-hybridized carbons (Fsp3) is 0.429. The molecule has 0 bridgehead atoms. The van der Waals surface area contributed by atoms with E-state index in [0.717, 1.165) is 15.8 Å². The van der Waals surface area contributed by atoms with E-state index in [1.165, 1.54) is 25.2 Å². The third-order valence-corrected chi connectivity index (χ3v) is 4.62. The lowest BCUT2D eigenvalue weighted by Gasteiger charge is -2.35. The molecule has 0 saturated carbocycles. The molecule has 1 fully saturated rings. The van der Waals surface area contributed by atoms with E-state index in [-0.39, 0.29) is 5.60 Å². The van der Waals surface area contributed by atoms with E-state index in [0.29, 0.717) is 0 Å². The number of fused-ring (bicyclic) bond motifs is 1. The highest BCUT2D eigenvalue weighted by Gasteiger charge is 2.29. The van der Waals surface area contributed by atoms with Crippen molar-refractivity contribution in [3.63, 3.8) is 0 Å². The molecular formula is C14H16BrNO. The van der Waals surface area contributed by atoms with Crippen LogP contribution in [0.15, 0.2) is 22.7 Å². The second-order valence-electron chi connectivity index (χ2n) is 5.17. The van der Waals surface area contributed by atoms with Crippen molar-refractivity contribution in [1.29, 1.82) is 0 Å². The molecule has 0 atom stereocenters. The van der Waals surface area contributed by atoms with Gasteiger partial charge < -0.3 is 9.64 Å². The molecule has 1 aromatic carbocycles. The van der Waals surface area contributed by atoms with Crippen molar-refractivity contribution in [2.75, 3.05) is 18.0 Å². The Balaban J connectivity index is 1.99. The maximum Gasteiger partial charge on any atom is 0.135 e. The largest absolute Gasteiger partial charge is 0.482 e. The van der Waals surface area contributed by atoms with Crippen LogP contribution in [0.4, 0.5) is 5.69 Å². The van der Waals surface area contributed by atoms with Crippen LogP contribution >= 0.6 is 15.9 Å². The second kappa shape index (κ2) is 3.77. The first-order valence-corrected chi connectivity index (χ1v) is 6.81. The molecule has 1 aromatic rings. The fourth-order valence-corrected chi connectivity index (χ4v) is 2.46. The fourth-order valence-electron chi connectivity index (χ4n) is 2.14. The monoisotopic (exact) mass is 293 g/mol. The highest BCUT2D eigenvalue weighted by atomic mass is 79.9. The first-order valence-electron chi connectivity index (χ1n) is 6.02. The van der Waals surface area contributed by atoms with E-state index < -0.39 is 0 Å². The molecule has 0 amide bonds. The Hall–Kier alpha value is -0.960. The maximum atomic E-state index is 6.05. The predicted molar refractivity (Wildman–Crippen MR) is 74.9 cm³/mol. The van der Waals surface area contributed by atoms with Gasteiger partial charge in [0.2, 0.25) is 0 Å². The zero-order chi connectivity index (χ0) is 12.0. The molecule has 2 nitrogen and oxygen atoms in total. The highest BCUT2D eigenvalue weighted by Crippen LogP contribution is 2.40. The molecule has 0 aliphatic carbocycles. The Morgan fingerprint density at radius 3 is 2.71 bits per heavy atom. The number of hydrogen-bond donors (Lipinski definition) is 0. The Kier molecular flexibility index (Phi) is 2.47. The third kappa shape index (κ3) is 1.86. The summed E-state index contributed by atoms with van der Waals surface area (Å²) >= 11 is 3.58. The molecular weight excluding hydrogens is 278 g/mol. The molecule has 90 valence electrons. The SMILES string of the molecule is CC1(C)Oc2cc(N3CCC3)ccc2C=C1Br. The van der Waals surface area contributed by atoms with Crippen LogP contribution in [-0.4, -0.2) is 18.7 Å². The third-order valence-electron chi connectivity index (χ3n) is 3.44. The number of rotatable bonds is 1. The maximum absolute atomic E-state index is 6.05. The van der Waals surface area contributed by atoms with Gasteiger partial charge in [-0.05, 0) is 38.5 Å². The summed E-state index contributed by atoms with van der Waals surface area (Å²) in [5.41, 5.74) is 2.17. The number of anilines is 1. The predicted octanol–water partition coefficient (Wildman–Crippen LogP) is 3.80. The van der Waals surface area contributed by atoms with Crippen molar-refractivity contribution >= 4 is 27.7 Å². The lowest BCUT2D eigenvalue weighted by Crippen LogP contribution is -2.37. The van der Waals surface area contributed by atoms with Gasteiger partial charge in [-0.2, -0.15) is 0 Å². The average Bonchev–Trinajstić information content (AvgIpc) is 2.17. The zero-order valence-corrected chi connectivity index (χ0v) is 11.8. The van der Waals surface area contributed by atoms with Crippen LogP contribution in [0.5, 0.6) is 5.75 Å². The van der Waals surface area contributed by atoms with Crippen LogP contribution in [0, 0.1) is 0 Å². The minimum Gasteiger partial charge on any atom is -0.482 e. The summed E-state index contributed by atoms with van der Waals surface area (Å²) in [6.45, 7) is 6.49. The van der Waals surface area contributed by atoms with Gasteiger partial charge in [0.1, 0.15) is 11.4 Å². The van der Waals surface area contributed by atoms with Crippen LogP contribution in [-0.2, 0) is 0 Å². The van der Waals surface area contributed by atoms with Gasteiger partial charge in [0.25, 0.3) is 0 Å². The first kappa shape index (κ1) is 11.1. The number of ether oxygens (including phenoxy) is 1. The van der Waals surface area contributed by atoms with E-state index in [4.69, 9.17) is 4.74 Å². The van der Waals surface area contributed by atoms with E-state index in [1.54, 1.807) is 0 Å². The van der Waals surface area contributed by atoms with Gasteiger partial charge >= 0.3 is 0 Å². The Labute approximate surface area is 110 Å². The standard InChI is InChI=1S/C14H16BrNO/c1-14(2)13(15)8-10-4-5-11(9-12(10)17-14)16-6-3-7-16/h4-5,8-9H,3,6-7H2,1-2H3. The molecule has 3 rings (SSSR count). The van der Waals surface area contributed by atoms with Crippen molar-refractivity contribution in [1.82, 2.24) is 0 Å². The molecule has 0 aromatic heterocycles. The summed E-state index contributed by atoms with van der Waals surface area (Å²) in [7, 11) is 0. The Morgan fingerprint density at radius 2 is 2.06 bits per heavy atom. The lowest BCUT2D eigenvalue weighted by molar-refractivity contribution is 0.156. The topological polar surface area (TPSA) is 12.5 Å². The van der Waals surface area contributed by atoms with Gasteiger partial charge in [-0.25, -0.2) is 0 Å². The number of benzene rings is 1. The van der Waals surface area contributed by atoms with Crippen molar-refractivity contribution < 1.29 is 4.74 Å². The second-order valence-corrected chi connectivity index (χ2v) is 6.02. The first-order chi connectivity index (χ1) is 8.06. The summed E-state index contributed by atoms with van der Waals surface area (Å²) in [4.78, 5) is 2.38. The smallest absolute Gasteiger partial charge is 0.135 e. The molecule has 0 unspecified atom stereocenters. The quantitative estimate of drug-likeness (QED) is 0.781. The van der Waals surface area contributed by atoms with E-state index in [9.17, 15) is 0 Å². The molecule has 2 aliphatic heterocycles. The molecule has 1 saturated heterocycles. The van der Waals surface area contributed by atoms with Gasteiger partial charge in [0.15, 0.2) is 0 Å². The highest BCUT2D eigenvalue weighted by molar-refractivity contribution is 9.11. The Bertz CT molecular complexity index is 489.